The monoisotopic (exact) mass is 608 g/mol. The van der Waals surface area contributed by atoms with Crippen molar-refractivity contribution >= 4 is 22.8 Å². The molecule has 2 aliphatic rings. The van der Waals surface area contributed by atoms with Crippen LogP contribution in [0.25, 0.3) is 11.0 Å². The number of aromatic nitrogens is 4. The summed E-state index contributed by atoms with van der Waals surface area (Å²) in [5, 5.41) is 3.44. The third-order valence-electron chi connectivity index (χ3n) is 8.46. The molecule has 4 aromatic rings. The number of benzene rings is 1. The van der Waals surface area contributed by atoms with Crippen molar-refractivity contribution in [3.05, 3.63) is 70.9 Å². The number of aromatic amines is 1. The lowest BCUT2D eigenvalue weighted by Crippen LogP contribution is -2.45. The third-order valence-corrected chi connectivity index (χ3v) is 8.46. The Balaban J connectivity index is 1.17. The van der Waals surface area contributed by atoms with Crippen LogP contribution in [0.2, 0.25) is 0 Å². The minimum absolute atomic E-state index is 0.102. The van der Waals surface area contributed by atoms with Gasteiger partial charge in [0.25, 0.3) is 0 Å². The first-order valence-corrected chi connectivity index (χ1v) is 14.8. The Morgan fingerprint density at radius 3 is 2.59 bits per heavy atom. The van der Waals surface area contributed by atoms with E-state index >= 15 is 0 Å². The second-order valence-corrected chi connectivity index (χ2v) is 11.3. The molecule has 0 aliphatic carbocycles. The van der Waals surface area contributed by atoms with Gasteiger partial charge in [0.2, 0.25) is 5.88 Å². The summed E-state index contributed by atoms with van der Waals surface area (Å²) in [6.45, 7) is 10.5. The van der Waals surface area contributed by atoms with Gasteiger partial charge in [0, 0.05) is 62.8 Å². The molecule has 0 saturated carbocycles. The van der Waals surface area contributed by atoms with Crippen LogP contribution in [0.3, 0.4) is 0 Å². The first-order valence-electron chi connectivity index (χ1n) is 14.8. The number of amides is 2. The Hall–Kier alpha value is -4.23. The van der Waals surface area contributed by atoms with Crippen molar-refractivity contribution in [2.45, 2.75) is 46.0 Å². The zero-order valence-corrected chi connectivity index (χ0v) is 24.9. The van der Waals surface area contributed by atoms with E-state index in [2.05, 4.69) is 37.1 Å². The normalized spacial score (nSPS) is 18.0. The molecule has 0 spiro atoms. The first kappa shape index (κ1) is 29.8. The quantitative estimate of drug-likeness (QED) is 0.287. The zero-order chi connectivity index (χ0) is 31.0. The Labute approximate surface area is 253 Å². The number of carbonyl (C=O) groups is 1. The van der Waals surface area contributed by atoms with Crippen molar-refractivity contribution in [1.29, 1.82) is 0 Å². The molecule has 1 aromatic carbocycles. The van der Waals surface area contributed by atoms with E-state index in [9.17, 15) is 18.0 Å². The molecule has 10 nitrogen and oxygen atoms in total. The minimum Gasteiger partial charge on any atom is -0.437 e. The smallest absolute Gasteiger partial charge is 0.416 e. The van der Waals surface area contributed by atoms with E-state index in [4.69, 9.17) is 4.74 Å². The number of rotatable bonds is 6. The number of urea groups is 1. The highest BCUT2D eigenvalue weighted by atomic mass is 19.4. The van der Waals surface area contributed by atoms with Gasteiger partial charge in [-0.3, -0.25) is 9.88 Å². The Morgan fingerprint density at radius 2 is 1.84 bits per heavy atom. The number of hydrogen-bond donors (Lipinski definition) is 2. The van der Waals surface area contributed by atoms with Crippen LogP contribution in [0.5, 0.6) is 11.6 Å². The molecule has 1 saturated heterocycles. The van der Waals surface area contributed by atoms with Gasteiger partial charge >= 0.3 is 12.2 Å². The molecule has 0 unspecified atom stereocenters. The second-order valence-electron chi connectivity index (χ2n) is 11.3. The molecule has 3 aromatic heterocycles. The molecule has 5 heterocycles. The summed E-state index contributed by atoms with van der Waals surface area (Å²) >= 11 is 0. The number of pyridine rings is 1. The van der Waals surface area contributed by atoms with E-state index < -0.39 is 23.8 Å². The molecule has 1 atom stereocenters. The predicted molar refractivity (Wildman–Crippen MR) is 160 cm³/mol. The van der Waals surface area contributed by atoms with E-state index in [0.29, 0.717) is 30.2 Å². The Morgan fingerprint density at radius 1 is 1.07 bits per heavy atom. The Kier molecular flexibility index (Phi) is 8.16. The lowest BCUT2D eigenvalue weighted by molar-refractivity contribution is -0.138. The van der Waals surface area contributed by atoms with Crippen molar-refractivity contribution in [3.8, 4) is 11.6 Å². The lowest BCUT2D eigenvalue weighted by Gasteiger charge is -2.35. The maximum absolute atomic E-state index is 14.1. The van der Waals surface area contributed by atoms with Crippen LogP contribution in [0.4, 0.5) is 23.7 Å². The molecular weight excluding hydrogens is 573 g/mol. The molecule has 1 fully saturated rings. The number of ether oxygens (including phenoxy) is 1. The Bertz CT molecular complexity index is 1670. The topological polar surface area (TPSA) is 103 Å². The lowest BCUT2D eigenvalue weighted by atomic mass is 9.98. The van der Waals surface area contributed by atoms with E-state index in [1.54, 1.807) is 17.2 Å². The number of nitrogens with zero attached hydrogens (tertiary/aromatic N) is 6. The molecule has 13 heteroatoms. The third kappa shape index (κ3) is 6.20. The van der Waals surface area contributed by atoms with Gasteiger partial charge in [0.1, 0.15) is 17.7 Å². The van der Waals surface area contributed by atoms with Gasteiger partial charge in [0.15, 0.2) is 0 Å². The molecule has 44 heavy (non-hydrogen) atoms. The van der Waals surface area contributed by atoms with Gasteiger partial charge in [0.05, 0.1) is 23.2 Å². The molecular formula is C31H35F3N8O2. The van der Waals surface area contributed by atoms with Gasteiger partial charge in [-0.05, 0) is 55.8 Å². The number of aryl methyl sites for hydroxylation is 1. The van der Waals surface area contributed by atoms with Crippen LogP contribution in [0.1, 0.15) is 48.0 Å². The average molecular weight is 609 g/mol. The van der Waals surface area contributed by atoms with Gasteiger partial charge in [-0.25, -0.2) is 14.8 Å². The van der Waals surface area contributed by atoms with Crippen LogP contribution in [-0.4, -0.2) is 79.9 Å². The number of nitrogens with one attached hydrogen (secondary N) is 2. The van der Waals surface area contributed by atoms with Crippen LogP contribution < -0.4 is 10.1 Å². The van der Waals surface area contributed by atoms with Crippen molar-refractivity contribution in [1.82, 2.24) is 34.6 Å². The summed E-state index contributed by atoms with van der Waals surface area (Å²) in [5.74, 6) is 0.838. The number of carbonyl (C=O) groups excluding carboxylic acids is 1. The maximum atomic E-state index is 14.1. The number of fused-ring (bicyclic) bond motifs is 2. The van der Waals surface area contributed by atoms with E-state index in [1.165, 1.54) is 12.4 Å². The summed E-state index contributed by atoms with van der Waals surface area (Å²) in [4.78, 5) is 35.5. The number of H-pyrrole nitrogens is 1. The zero-order valence-electron chi connectivity index (χ0n) is 24.9. The van der Waals surface area contributed by atoms with Crippen LogP contribution in [0.15, 0.2) is 42.9 Å². The summed E-state index contributed by atoms with van der Waals surface area (Å²) in [5.41, 5.74) is 2.79. The van der Waals surface area contributed by atoms with Gasteiger partial charge in [-0.1, -0.05) is 13.0 Å². The standard InChI is InChI=1S/C31H35F3N8O2/c1-4-40-9-11-41(12-10-40)17-21-5-6-22(14-26(21)31(32,33)34)39-30(43)42-8-7-27-24(20(42)3)15-23(16-35-27)44-29-25-13-19(2)38-28(25)36-18-37-29/h5-6,13-16,18,20H,4,7-12,17H2,1-3H3,(H,39,43)(H,36,37,38)/t20-/m0/s1. The van der Waals surface area contributed by atoms with Crippen LogP contribution in [-0.2, 0) is 19.1 Å². The van der Waals surface area contributed by atoms with E-state index in [1.807, 2.05) is 30.9 Å². The number of halogens is 3. The first-order chi connectivity index (χ1) is 21.1. The van der Waals surface area contributed by atoms with Crippen molar-refractivity contribution in [2.24, 2.45) is 0 Å². The van der Waals surface area contributed by atoms with E-state index in [0.717, 1.165) is 61.1 Å². The fourth-order valence-electron chi connectivity index (χ4n) is 5.98. The van der Waals surface area contributed by atoms with Crippen LogP contribution >= 0.6 is 0 Å². The minimum atomic E-state index is -4.55. The number of anilines is 1. The average Bonchev–Trinajstić information content (AvgIpc) is 3.39. The fraction of sp³-hybridized carbons (Fsp3) is 0.419. The molecule has 6 rings (SSSR count). The highest BCUT2D eigenvalue weighted by molar-refractivity contribution is 5.90. The highest BCUT2D eigenvalue weighted by Crippen LogP contribution is 2.36. The van der Waals surface area contributed by atoms with Crippen molar-refractivity contribution < 1.29 is 22.7 Å². The fourth-order valence-corrected chi connectivity index (χ4v) is 5.98. The van der Waals surface area contributed by atoms with Crippen molar-refractivity contribution in [2.75, 3.05) is 44.6 Å². The van der Waals surface area contributed by atoms with E-state index in [-0.39, 0.29) is 17.8 Å². The van der Waals surface area contributed by atoms with Crippen molar-refractivity contribution in [3.63, 3.8) is 0 Å². The molecule has 0 radical (unpaired) electrons. The molecule has 2 aliphatic heterocycles. The summed E-state index contributed by atoms with van der Waals surface area (Å²) in [6.07, 6.45) is -1.01. The number of piperazine rings is 1. The molecule has 2 amide bonds. The largest absolute Gasteiger partial charge is 0.437 e. The van der Waals surface area contributed by atoms with Gasteiger partial charge in [-0.15, -0.1) is 0 Å². The number of alkyl halides is 3. The maximum Gasteiger partial charge on any atom is 0.416 e. The summed E-state index contributed by atoms with van der Waals surface area (Å²) < 4.78 is 48.4. The SMILES string of the molecule is CCN1CCN(Cc2ccc(NC(=O)N3CCc4ncc(Oc5ncnc6[nH]c(C)cc56)cc4[C@@H]3C)cc2C(F)(F)F)CC1. The highest BCUT2D eigenvalue weighted by Gasteiger charge is 2.35. The second kappa shape index (κ2) is 12.0. The molecule has 0 bridgehead atoms. The van der Waals surface area contributed by atoms with Gasteiger partial charge < -0.3 is 24.8 Å². The molecule has 232 valence electrons. The molecule has 2 N–H and O–H groups in total. The predicted octanol–water partition coefficient (Wildman–Crippen LogP) is 5.76. The van der Waals surface area contributed by atoms with Crippen LogP contribution in [0, 0.1) is 6.92 Å². The number of likely N-dealkylation sites (N-methyl/N-ethyl adjacent to an activating group) is 1. The summed E-state index contributed by atoms with van der Waals surface area (Å²) in [6, 6.07) is 6.92. The summed E-state index contributed by atoms with van der Waals surface area (Å²) in [7, 11) is 0. The van der Waals surface area contributed by atoms with Gasteiger partial charge in [-0.2, -0.15) is 13.2 Å². The number of hydrogen-bond acceptors (Lipinski definition) is 7.